The molecule has 1 aliphatic heterocycles. The molecule has 5 rings (SSSR count). The molecule has 0 bridgehead atoms. The minimum absolute atomic E-state index is 0.888. The van der Waals surface area contributed by atoms with Gasteiger partial charge >= 0.3 is 0 Å². The molecule has 1 aliphatic rings. The molecular formula is C23H26N6. The van der Waals surface area contributed by atoms with Gasteiger partial charge in [-0.15, -0.1) is 0 Å². The van der Waals surface area contributed by atoms with Crippen molar-refractivity contribution in [2.45, 2.75) is 13.8 Å². The van der Waals surface area contributed by atoms with Crippen LogP contribution in [0.3, 0.4) is 0 Å². The Balaban J connectivity index is 1.70. The first-order valence-corrected chi connectivity index (χ1v) is 10.2. The molecule has 0 amide bonds. The van der Waals surface area contributed by atoms with E-state index in [-0.39, 0.29) is 0 Å². The van der Waals surface area contributed by atoms with Gasteiger partial charge in [0.25, 0.3) is 0 Å². The van der Waals surface area contributed by atoms with Crippen molar-refractivity contribution in [2.75, 3.05) is 38.1 Å². The maximum absolute atomic E-state index is 4.94. The molecule has 29 heavy (non-hydrogen) atoms. The van der Waals surface area contributed by atoms with Gasteiger partial charge in [0.05, 0.1) is 28.0 Å². The van der Waals surface area contributed by atoms with E-state index in [9.17, 15) is 0 Å². The Hall–Kier alpha value is -3.12. The topological polar surface area (TPSA) is 53.0 Å². The molecule has 2 aromatic carbocycles. The van der Waals surface area contributed by atoms with E-state index in [1.165, 1.54) is 5.56 Å². The Morgan fingerprint density at radius 2 is 1.69 bits per heavy atom. The largest absolute Gasteiger partial charge is 0.353 e. The van der Waals surface area contributed by atoms with E-state index in [4.69, 9.17) is 10.1 Å². The monoisotopic (exact) mass is 386 g/mol. The number of hydrogen-bond acceptors (Lipinski definition) is 4. The molecule has 1 N–H and O–H groups in total. The fraction of sp³-hybridized carbons (Fsp3) is 0.304. The average molecular weight is 387 g/mol. The second-order valence-electron chi connectivity index (χ2n) is 7.93. The lowest BCUT2D eigenvalue weighted by atomic mass is 10.2. The van der Waals surface area contributed by atoms with E-state index in [0.29, 0.717) is 0 Å². The van der Waals surface area contributed by atoms with Crippen LogP contribution in [0.1, 0.15) is 11.3 Å². The fourth-order valence-corrected chi connectivity index (χ4v) is 4.09. The Kier molecular flexibility index (Phi) is 4.36. The molecule has 0 spiro atoms. The van der Waals surface area contributed by atoms with Gasteiger partial charge in [0.2, 0.25) is 0 Å². The maximum Gasteiger partial charge on any atom is 0.144 e. The van der Waals surface area contributed by atoms with E-state index in [1.807, 2.05) is 6.07 Å². The lowest BCUT2D eigenvalue weighted by molar-refractivity contribution is 0.311. The quantitative estimate of drug-likeness (QED) is 0.582. The van der Waals surface area contributed by atoms with Crippen LogP contribution in [0.5, 0.6) is 0 Å². The van der Waals surface area contributed by atoms with Crippen LogP contribution in [0.4, 0.5) is 5.82 Å². The van der Waals surface area contributed by atoms with Gasteiger partial charge < -0.3 is 14.8 Å². The van der Waals surface area contributed by atoms with Crippen LogP contribution in [0.25, 0.3) is 28.1 Å². The summed E-state index contributed by atoms with van der Waals surface area (Å²) in [4.78, 5) is 13.3. The number of nitrogens with one attached hydrogen (secondary N) is 1. The van der Waals surface area contributed by atoms with E-state index >= 15 is 0 Å². The summed E-state index contributed by atoms with van der Waals surface area (Å²) in [6.45, 7) is 8.21. The highest BCUT2D eigenvalue weighted by Gasteiger charge is 2.27. The highest BCUT2D eigenvalue weighted by atomic mass is 15.4. The summed E-state index contributed by atoms with van der Waals surface area (Å²) in [5, 5.41) is 4.94. The molecule has 6 nitrogen and oxygen atoms in total. The predicted octanol–water partition coefficient (Wildman–Crippen LogP) is 3.78. The van der Waals surface area contributed by atoms with Crippen molar-refractivity contribution in [1.29, 1.82) is 0 Å². The van der Waals surface area contributed by atoms with Gasteiger partial charge in [0, 0.05) is 26.2 Å². The molecule has 0 aliphatic carbocycles. The lowest BCUT2D eigenvalue weighted by Gasteiger charge is -2.34. The molecule has 2 aromatic heterocycles. The van der Waals surface area contributed by atoms with Gasteiger partial charge in [-0.2, -0.15) is 5.10 Å². The van der Waals surface area contributed by atoms with Crippen molar-refractivity contribution in [3.63, 3.8) is 0 Å². The van der Waals surface area contributed by atoms with E-state index in [1.54, 1.807) is 0 Å². The number of likely N-dealkylation sites (N-methyl/N-ethyl adjacent to an activating group) is 1. The zero-order valence-electron chi connectivity index (χ0n) is 17.2. The number of para-hydroxylation sites is 1. The predicted molar refractivity (Wildman–Crippen MR) is 118 cm³/mol. The molecule has 3 heterocycles. The first-order chi connectivity index (χ1) is 14.1. The van der Waals surface area contributed by atoms with Gasteiger partial charge in [0.15, 0.2) is 0 Å². The Bertz CT molecular complexity index is 1150. The van der Waals surface area contributed by atoms with Gasteiger partial charge in [0.1, 0.15) is 11.6 Å². The van der Waals surface area contributed by atoms with Crippen molar-refractivity contribution < 1.29 is 0 Å². The van der Waals surface area contributed by atoms with Crippen LogP contribution in [-0.4, -0.2) is 57.9 Å². The summed E-state index contributed by atoms with van der Waals surface area (Å²) in [6.07, 6.45) is 0. The third-order valence-corrected chi connectivity index (χ3v) is 5.71. The summed E-state index contributed by atoms with van der Waals surface area (Å²) in [6, 6.07) is 16.7. The number of aryl methyl sites for hydroxylation is 2. The standard InChI is InChI=1S/C23H26N6/c1-16-9-10-19-20(15-16)25-22(24-19)21-17(2)26-29(18-7-5-4-6-8-18)23(21)28-13-11-27(3)12-14-28/h4-10,15H,11-14H2,1-3H3,(H,24,25). The Morgan fingerprint density at radius 3 is 2.45 bits per heavy atom. The molecular weight excluding hydrogens is 360 g/mol. The van der Waals surface area contributed by atoms with Crippen LogP contribution in [0.15, 0.2) is 48.5 Å². The zero-order valence-corrected chi connectivity index (χ0v) is 17.2. The molecule has 0 atom stereocenters. The van der Waals surface area contributed by atoms with Gasteiger partial charge in [-0.1, -0.05) is 24.3 Å². The maximum atomic E-state index is 4.94. The van der Waals surface area contributed by atoms with E-state index in [0.717, 1.165) is 65.8 Å². The molecule has 0 saturated carbocycles. The number of anilines is 1. The normalized spacial score (nSPS) is 15.3. The van der Waals surface area contributed by atoms with Crippen LogP contribution in [0, 0.1) is 13.8 Å². The summed E-state index contributed by atoms with van der Waals surface area (Å²) in [5.74, 6) is 2.01. The Labute approximate surface area is 170 Å². The number of hydrogen-bond donors (Lipinski definition) is 1. The molecule has 0 radical (unpaired) electrons. The number of aromatic nitrogens is 4. The second-order valence-corrected chi connectivity index (χ2v) is 7.93. The minimum Gasteiger partial charge on any atom is -0.353 e. The molecule has 1 saturated heterocycles. The number of aromatic amines is 1. The highest BCUT2D eigenvalue weighted by molar-refractivity contribution is 5.84. The lowest BCUT2D eigenvalue weighted by Crippen LogP contribution is -2.45. The third-order valence-electron chi connectivity index (χ3n) is 5.71. The molecule has 0 unspecified atom stereocenters. The highest BCUT2D eigenvalue weighted by Crippen LogP contribution is 2.36. The van der Waals surface area contributed by atoms with Crippen molar-refractivity contribution in [1.82, 2.24) is 24.6 Å². The number of benzene rings is 2. The first-order valence-electron chi connectivity index (χ1n) is 10.2. The SMILES string of the molecule is Cc1ccc2nc(-c3c(C)nn(-c4ccccc4)c3N3CCN(C)CC3)[nH]c2c1. The van der Waals surface area contributed by atoms with Gasteiger partial charge in [-0.3, -0.25) is 0 Å². The number of rotatable bonds is 3. The number of piperazine rings is 1. The van der Waals surface area contributed by atoms with E-state index < -0.39 is 0 Å². The van der Waals surface area contributed by atoms with Crippen LogP contribution in [-0.2, 0) is 0 Å². The summed E-state index contributed by atoms with van der Waals surface area (Å²) >= 11 is 0. The van der Waals surface area contributed by atoms with Crippen molar-refractivity contribution in [2.24, 2.45) is 0 Å². The summed E-state index contributed by atoms with van der Waals surface area (Å²) < 4.78 is 2.08. The minimum atomic E-state index is 0.888. The number of H-pyrrole nitrogens is 1. The summed E-state index contributed by atoms with van der Waals surface area (Å²) in [7, 11) is 2.18. The number of fused-ring (bicyclic) bond motifs is 1. The van der Waals surface area contributed by atoms with Gasteiger partial charge in [-0.05, 0) is 50.7 Å². The van der Waals surface area contributed by atoms with Crippen LogP contribution >= 0.6 is 0 Å². The molecule has 4 aromatic rings. The van der Waals surface area contributed by atoms with Crippen molar-refractivity contribution in [3.8, 4) is 17.1 Å². The Morgan fingerprint density at radius 1 is 0.931 bits per heavy atom. The molecule has 1 fully saturated rings. The van der Waals surface area contributed by atoms with Crippen molar-refractivity contribution in [3.05, 3.63) is 59.8 Å². The summed E-state index contributed by atoms with van der Waals surface area (Å²) in [5.41, 5.74) is 6.43. The number of nitrogens with zero attached hydrogens (tertiary/aromatic N) is 5. The van der Waals surface area contributed by atoms with Crippen molar-refractivity contribution >= 4 is 16.9 Å². The van der Waals surface area contributed by atoms with Crippen LogP contribution < -0.4 is 4.90 Å². The zero-order chi connectivity index (χ0) is 20.0. The molecule has 148 valence electrons. The van der Waals surface area contributed by atoms with Crippen LogP contribution in [0.2, 0.25) is 0 Å². The first kappa shape index (κ1) is 17.9. The van der Waals surface area contributed by atoms with Gasteiger partial charge in [-0.25, -0.2) is 9.67 Å². The number of imidazole rings is 1. The second kappa shape index (κ2) is 7.04. The third kappa shape index (κ3) is 3.19. The smallest absolute Gasteiger partial charge is 0.144 e. The fourth-order valence-electron chi connectivity index (χ4n) is 4.09. The average Bonchev–Trinajstić information content (AvgIpc) is 3.29. The van der Waals surface area contributed by atoms with E-state index in [2.05, 4.69) is 82.8 Å². The molecule has 6 heteroatoms.